The molecule has 1 saturated carbocycles. The number of nitrogens with zero attached hydrogens (tertiary/aromatic N) is 2. The Labute approximate surface area is 190 Å². The van der Waals surface area contributed by atoms with Crippen molar-refractivity contribution in [1.29, 1.82) is 0 Å². The minimum atomic E-state index is -0.183. The van der Waals surface area contributed by atoms with Crippen molar-refractivity contribution in [2.45, 2.75) is 44.9 Å². The normalized spacial score (nSPS) is 18.2. The minimum absolute atomic E-state index is 0.183. The Morgan fingerprint density at radius 1 is 1.06 bits per heavy atom. The van der Waals surface area contributed by atoms with Crippen molar-refractivity contribution in [3.63, 3.8) is 0 Å². The van der Waals surface area contributed by atoms with E-state index in [9.17, 15) is 9.90 Å². The molecule has 2 aromatic carbocycles. The average molecular weight is 442 g/mol. The number of aromatic hydroxyl groups is 1. The third kappa shape index (κ3) is 5.16. The van der Waals surface area contributed by atoms with Crippen molar-refractivity contribution < 1.29 is 9.90 Å². The van der Waals surface area contributed by atoms with E-state index in [2.05, 4.69) is 22.0 Å². The molecule has 1 amide bonds. The van der Waals surface area contributed by atoms with Gasteiger partial charge in [0, 0.05) is 37.4 Å². The summed E-state index contributed by atoms with van der Waals surface area (Å²) >= 11 is 6.57. The standard InChI is InChI=1S/C25H32ClN3O2/c1-2-28-12-14-29(15-13-28)23-10-9-20(17-22(23)26)27-25(31)19-8-11-24(30)21(16-19)18-6-4-3-5-7-18/h8-11,16-18,30H,2-7,12-15H2,1H3,(H,27,31). The van der Waals surface area contributed by atoms with Crippen LogP contribution in [0.15, 0.2) is 36.4 Å². The molecule has 4 rings (SSSR count). The molecule has 1 saturated heterocycles. The number of nitrogens with one attached hydrogen (secondary N) is 1. The van der Waals surface area contributed by atoms with Gasteiger partial charge in [-0.1, -0.05) is 37.8 Å². The third-order valence-electron chi connectivity index (χ3n) is 6.70. The summed E-state index contributed by atoms with van der Waals surface area (Å²) < 4.78 is 0. The zero-order valence-corrected chi connectivity index (χ0v) is 19.0. The molecule has 2 fully saturated rings. The Morgan fingerprint density at radius 3 is 2.48 bits per heavy atom. The van der Waals surface area contributed by atoms with Gasteiger partial charge >= 0.3 is 0 Å². The first-order chi connectivity index (χ1) is 15.0. The number of piperazine rings is 1. The van der Waals surface area contributed by atoms with E-state index >= 15 is 0 Å². The van der Waals surface area contributed by atoms with E-state index in [1.54, 1.807) is 12.1 Å². The third-order valence-corrected chi connectivity index (χ3v) is 7.00. The molecule has 0 atom stereocenters. The van der Waals surface area contributed by atoms with Crippen LogP contribution in [0.5, 0.6) is 5.75 Å². The number of benzene rings is 2. The number of phenols is 1. The number of anilines is 2. The highest BCUT2D eigenvalue weighted by atomic mass is 35.5. The summed E-state index contributed by atoms with van der Waals surface area (Å²) in [6.07, 6.45) is 5.75. The average Bonchev–Trinajstić information content (AvgIpc) is 2.80. The Bertz CT molecular complexity index is 919. The van der Waals surface area contributed by atoms with Crippen LogP contribution >= 0.6 is 11.6 Å². The molecule has 1 aliphatic carbocycles. The summed E-state index contributed by atoms with van der Waals surface area (Å²) in [5.74, 6) is 0.444. The predicted molar refractivity (Wildman–Crippen MR) is 128 cm³/mol. The zero-order valence-electron chi connectivity index (χ0n) is 18.2. The fourth-order valence-corrected chi connectivity index (χ4v) is 5.09. The van der Waals surface area contributed by atoms with Crippen LogP contribution in [-0.2, 0) is 0 Å². The maximum Gasteiger partial charge on any atom is 0.255 e. The second-order valence-electron chi connectivity index (χ2n) is 8.65. The van der Waals surface area contributed by atoms with Gasteiger partial charge in [-0.25, -0.2) is 0 Å². The van der Waals surface area contributed by atoms with Crippen LogP contribution in [0.25, 0.3) is 0 Å². The van der Waals surface area contributed by atoms with E-state index < -0.39 is 0 Å². The SMILES string of the molecule is CCN1CCN(c2ccc(NC(=O)c3ccc(O)c(C4CCCCC4)c3)cc2Cl)CC1. The lowest BCUT2D eigenvalue weighted by atomic mass is 9.83. The number of likely N-dealkylation sites (N-methyl/N-ethyl adjacent to an activating group) is 1. The monoisotopic (exact) mass is 441 g/mol. The summed E-state index contributed by atoms with van der Waals surface area (Å²) in [6.45, 7) is 7.25. The molecule has 2 aliphatic rings. The summed E-state index contributed by atoms with van der Waals surface area (Å²) in [5.41, 5.74) is 3.15. The highest BCUT2D eigenvalue weighted by molar-refractivity contribution is 6.33. The molecule has 0 spiro atoms. The van der Waals surface area contributed by atoms with Gasteiger partial charge in [0.2, 0.25) is 0 Å². The van der Waals surface area contributed by atoms with Gasteiger partial charge in [0.05, 0.1) is 10.7 Å². The largest absolute Gasteiger partial charge is 0.508 e. The van der Waals surface area contributed by atoms with E-state index in [4.69, 9.17) is 11.6 Å². The molecular weight excluding hydrogens is 410 g/mol. The topological polar surface area (TPSA) is 55.8 Å². The summed E-state index contributed by atoms with van der Waals surface area (Å²) in [5, 5.41) is 13.9. The predicted octanol–water partition coefficient (Wildman–Crippen LogP) is 5.49. The van der Waals surface area contributed by atoms with Gasteiger partial charge < -0.3 is 20.2 Å². The molecule has 1 aliphatic heterocycles. The molecule has 2 aromatic rings. The quantitative estimate of drug-likeness (QED) is 0.644. The first-order valence-electron chi connectivity index (χ1n) is 11.5. The lowest BCUT2D eigenvalue weighted by Gasteiger charge is -2.36. The molecule has 1 heterocycles. The van der Waals surface area contributed by atoms with Crippen molar-refractivity contribution in [2.75, 3.05) is 42.9 Å². The maximum atomic E-state index is 12.9. The highest BCUT2D eigenvalue weighted by Crippen LogP contribution is 2.37. The first kappa shape index (κ1) is 22.0. The summed E-state index contributed by atoms with van der Waals surface area (Å²) in [7, 11) is 0. The van der Waals surface area contributed by atoms with Gasteiger partial charge in [0.25, 0.3) is 5.91 Å². The molecular formula is C25H32ClN3O2. The lowest BCUT2D eigenvalue weighted by Crippen LogP contribution is -2.46. The van der Waals surface area contributed by atoms with Gasteiger partial charge in [-0.05, 0) is 67.3 Å². The van der Waals surface area contributed by atoms with E-state index in [-0.39, 0.29) is 5.91 Å². The van der Waals surface area contributed by atoms with Crippen molar-refractivity contribution in [2.24, 2.45) is 0 Å². The van der Waals surface area contributed by atoms with E-state index in [0.717, 1.165) is 56.8 Å². The van der Waals surface area contributed by atoms with Gasteiger partial charge in [-0.2, -0.15) is 0 Å². The molecule has 0 unspecified atom stereocenters. The van der Waals surface area contributed by atoms with Crippen LogP contribution < -0.4 is 10.2 Å². The number of phenolic OH excluding ortho intramolecular Hbond substituents is 1. The molecule has 0 aromatic heterocycles. The summed E-state index contributed by atoms with van der Waals surface area (Å²) in [4.78, 5) is 17.6. The maximum absolute atomic E-state index is 12.9. The lowest BCUT2D eigenvalue weighted by molar-refractivity contribution is 0.102. The zero-order chi connectivity index (χ0) is 21.8. The van der Waals surface area contributed by atoms with Gasteiger partial charge in [0.15, 0.2) is 0 Å². The second-order valence-corrected chi connectivity index (χ2v) is 9.06. The minimum Gasteiger partial charge on any atom is -0.508 e. The van der Waals surface area contributed by atoms with Gasteiger partial charge in [-0.15, -0.1) is 0 Å². The van der Waals surface area contributed by atoms with Crippen molar-refractivity contribution in [1.82, 2.24) is 4.90 Å². The Kier molecular flexibility index (Phi) is 7.03. The number of amides is 1. The van der Waals surface area contributed by atoms with Crippen LogP contribution in [0.2, 0.25) is 5.02 Å². The Hall–Kier alpha value is -2.24. The fourth-order valence-electron chi connectivity index (χ4n) is 4.79. The van der Waals surface area contributed by atoms with E-state index in [1.807, 2.05) is 24.3 Å². The molecule has 6 heteroatoms. The van der Waals surface area contributed by atoms with Crippen LogP contribution in [0, 0.1) is 0 Å². The fraction of sp³-hybridized carbons (Fsp3) is 0.480. The first-order valence-corrected chi connectivity index (χ1v) is 11.8. The molecule has 0 bridgehead atoms. The number of hydrogen-bond acceptors (Lipinski definition) is 4. The molecule has 166 valence electrons. The van der Waals surface area contributed by atoms with Crippen molar-refractivity contribution in [3.8, 4) is 5.75 Å². The number of carbonyl (C=O) groups excluding carboxylic acids is 1. The van der Waals surface area contributed by atoms with E-state index in [0.29, 0.717) is 27.9 Å². The van der Waals surface area contributed by atoms with Gasteiger partial charge in [-0.3, -0.25) is 4.79 Å². The summed E-state index contributed by atoms with van der Waals surface area (Å²) in [6, 6.07) is 10.9. The molecule has 2 N–H and O–H groups in total. The highest BCUT2D eigenvalue weighted by Gasteiger charge is 2.21. The number of rotatable bonds is 5. The van der Waals surface area contributed by atoms with Crippen LogP contribution in [-0.4, -0.2) is 48.6 Å². The number of halogens is 1. The van der Waals surface area contributed by atoms with Crippen LogP contribution in [0.4, 0.5) is 11.4 Å². The molecule has 0 radical (unpaired) electrons. The van der Waals surface area contributed by atoms with E-state index in [1.165, 1.54) is 19.3 Å². The van der Waals surface area contributed by atoms with Crippen molar-refractivity contribution >= 4 is 28.9 Å². The second kappa shape index (κ2) is 9.92. The van der Waals surface area contributed by atoms with Gasteiger partial charge in [0.1, 0.15) is 5.75 Å². The number of hydrogen-bond donors (Lipinski definition) is 2. The van der Waals surface area contributed by atoms with Crippen LogP contribution in [0.1, 0.15) is 60.9 Å². The Morgan fingerprint density at radius 2 is 1.81 bits per heavy atom. The van der Waals surface area contributed by atoms with Crippen LogP contribution in [0.3, 0.4) is 0 Å². The number of carbonyl (C=O) groups is 1. The van der Waals surface area contributed by atoms with Crippen molar-refractivity contribution in [3.05, 3.63) is 52.5 Å². The molecule has 31 heavy (non-hydrogen) atoms. The Balaban J connectivity index is 1.44. The molecule has 5 nitrogen and oxygen atoms in total. The smallest absolute Gasteiger partial charge is 0.255 e.